The van der Waals surface area contributed by atoms with Crippen molar-refractivity contribution in [1.29, 1.82) is 0 Å². The second-order valence-electron chi connectivity index (χ2n) is 8.11. The van der Waals surface area contributed by atoms with Gasteiger partial charge in [-0.1, -0.05) is 0 Å². The van der Waals surface area contributed by atoms with Crippen LogP contribution in [-0.4, -0.2) is 49.9 Å². The highest BCUT2D eigenvalue weighted by Crippen LogP contribution is 2.24. The number of pyridine rings is 1. The van der Waals surface area contributed by atoms with E-state index in [-0.39, 0.29) is 22.5 Å². The second-order valence-corrected chi connectivity index (χ2v) is 9.99. The molecule has 0 N–H and O–H groups in total. The lowest BCUT2D eigenvalue weighted by molar-refractivity contribution is 0.250. The van der Waals surface area contributed by atoms with Gasteiger partial charge in [-0.15, -0.1) is 0 Å². The summed E-state index contributed by atoms with van der Waals surface area (Å²) in [5, 5.41) is 0.0889. The predicted octanol–water partition coefficient (Wildman–Crippen LogP) is 2.18. The molecule has 1 fully saturated rings. The second kappa shape index (κ2) is 8.72. The third-order valence-electron chi connectivity index (χ3n) is 5.64. The monoisotopic (exact) mass is 442 g/mol. The zero-order valence-electron chi connectivity index (χ0n) is 17.6. The molecule has 0 aliphatic carbocycles. The first kappa shape index (κ1) is 21.4. The Hall–Kier alpha value is -2.85. The summed E-state index contributed by atoms with van der Waals surface area (Å²) < 4.78 is 30.7. The number of hydrogen-bond acceptors (Lipinski definition) is 6. The molecule has 0 saturated carbocycles. The predicted molar refractivity (Wildman–Crippen MR) is 116 cm³/mol. The lowest BCUT2D eigenvalue weighted by Gasteiger charge is -2.30. The first-order valence-corrected chi connectivity index (χ1v) is 11.8. The fourth-order valence-corrected chi connectivity index (χ4v) is 5.10. The van der Waals surface area contributed by atoms with Crippen molar-refractivity contribution in [3.63, 3.8) is 0 Å². The number of imidazole rings is 1. The molecule has 164 valence electrons. The Morgan fingerprint density at radius 1 is 1.16 bits per heavy atom. The van der Waals surface area contributed by atoms with Gasteiger partial charge < -0.3 is 4.57 Å². The van der Waals surface area contributed by atoms with Crippen molar-refractivity contribution in [2.24, 2.45) is 5.92 Å². The van der Waals surface area contributed by atoms with Crippen LogP contribution in [-0.2, 0) is 16.6 Å². The Morgan fingerprint density at radius 3 is 2.55 bits per heavy atom. The molecule has 4 rings (SSSR count). The zero-order valence-corrected chi connectivity index (χ0v) is 18.4. The van der Waals surface area contributed by atoms with Crippen molar-refractivity contribution in [3.05, 3.63) is 59.8 Å². The minimum Gasteiger partial charge on any atom is -0.334 e. The molecule has 1 saturated heterocycles. The molecule has 1 aliphatic rings. The number of aromatic nitrogens is 5. The van der Waals surface area contributed by atoms with Gasteiger partial charge in [-0.3, -0.25) is 14.3 Å². The van der Waals surface area contributed by atoms with Crippen LogP contribution >= 0.6 is 0 Å². The van der Waals surface area contributed by atoms with E-state index < -0.39 is 10.0 Å². The molecule has 4 heterocycles. The van der Waals surface area contributed by atoms with Crippen LogP contribution in [0.1, 0.15) is 32.7 Å². The van der Waals surface area contributed by atoms with Gasteiger partial charge in [0.05, 0.1) is 18.3 Å². The minimum absolute atomic E-state index is 0.0889. The van der Waals surface area contributed by atoms with Crippen LogP contribution in [0, 0.1) is 5.92 Å². The third kappa shape index (κ3) is 4.59. The smallest absolute Gasteiger partial charge is 0.262 e. The summed E-state index contributed by atoms with van der Waals surface area (Å²) in [5.74, 6) is 0.211. The first-order valence-electron chi connectivity index (χ1n) is 10.3. The van der Waals surface area contributed by atoms with Crippen molar-refractivity contribution in [3.8, 4) is 11.3 Å². The molecule has 0 unspecified atom stereocenters. The van der Waals surface area contributed by atoms with Crippen LogP contribution in [0.4, 0.5) is 0 Å². The van der Waals surface area contributed by atoms with Crippen molar-refractivity contribution in [2.45, 2.75) is 44.3 Å². The standard InChI is InChI=1S/C21H26N6O3S/c1-16(2)25-13-20(24-15-25)31(29,30)27-8-5-17(6-9-27)12-26-14-23-19(10-21(26)28)18-4-3-7-22-11-18/h3-4,7,10-11,13-17H,5-6,8-9,12H2,1-2H3. The Morgan fingerprint density at radius 2 is 1.94 bits per heavy atom. The van der Waals surface area contributed by atoms with Crippen molar-refractivity contribution < 1.29 is 8.42 Å². The molecule has 0 spiro atoms. The number of nitrogens with zero attached hydrogens (tertiary/aromatic N) is 6. The van der Waals surface area contributed by atoms with E-state index in [9.17, 15) is 13.2 Å². The summed E-state index contributed by atoms with van der Waals surface area (Å²) >= 11 is 0. The lowest BCUT2D eigenvalue weighted by Crippen LogP contribution is -2.40. The van der Waals surface area contributed by atoms with E-state index in [1.54, 1.807) is 46.4 Å². The Bertz CT molecular complexity index is 1200. The van der Waals surface area contributed by atoms with Gasteiger partial charge >= 0.3 is 0 Å². The summed E-state index contributed by atoms with van der Waals surface area (Å²) in [4.78, 5) is 25.1. The van der Waals surface area contributed by atoms with Crippen molar-refractivity contribution >= 4 is 10.0 Å². The van der Waals surface area contributed by atoms with Gasteiger partial charge in [0.25, 0.3) is 15.6 Å². The molecule has 0 aromatic carbocycles. The van der Waals surface area contributed by atoms with E-state index in [1.165, 1.54) is 10.4 Å². The third-order valence-corrected chi connectivity index (χ3v) is 7.43. The van der Waals surface area contributed by atoms with E-state index in [0.29, 0.717) is 38.2 Å². The fourth-order valence-electron chi connectivity index (χ4n) is 3.71. The molecule has 0 bridgehead atoms. The molecule has 3 aromatic heterocycles. The van der Waals surface area contributed by atoms with E-state index in [2.05, 4.69) is 15.0 Å². The fraction of sp³-hybridized carbons (Fsp3) is 0.429. The molecular formula is C21H26N6O3S. The Balaban J connectivity index is 1.39. The SMILES string of the molecule is CC(C)n1cnc(S(=O)(=O)N2CCC(Cn3cnc(-c4cccnc4)cc3=O)CC2)c1. The van der Waals surface area contributed by atoms with Crippen LogP contribution in [0.3, 0.4) is 0 Å². The van der Waals surface area contributed by atoms with Crippen molar-refractivity contribution in [2.75, 3.05) is 13.1 Å². The molecule has 0 radical (unpaired) electrons. The van der Waals surface area contributed by atoms with Gasteiger partial charge in [0.1, 0.15) is 0 Å². The van der Waals surface area contributed by atoms with Crippen LogP contribution in [0.25, 0.3) is 11.3 Å². The van der Waals surface area contributed by atoms with Gasteiger partial charge in [-0.05, 0) is 44.7 Å². The van der Waals surface area contributed by atoms with Crippen molar-refractivity contribution in [1.82, 2.24) is 28.4 Å². The molecule has 9 nitrogen and oxygen atoms in total. The topological polar surface area (TPSA) is 103 Å². The van der Waals surface area contributed by atoms with E-state index in [0.717, 1.165) is 5.56 Å². The van der Waals surface area contributed by atoms with E-state index in [4.69, 9.17) is 0 Å². The molecule has 0 amide bonds. The average Bonchev–Trinajstić information content (AvgIpc) is 3.28. The normalized spacial score (nSPS) is 16.1. The zero-order chi connectivity index (χ0) is 22.0. The maximum Gasteiger partial charge on any atom is 0.262 e. The maximum absolute atomic E-state index is 12.9. The molecule has 0 atom stereocenters. The van der Waals surface area contributed by atoms with E-state index in [1.807, 2.05) is 19.9 Å². The highest BCUT2D eigenvalue weighted by molar-refractivity contribution is 7.89. The summed E-state index contributed by atoms with van der Waals surface area (Å²) in [7, 11) is -3.60. The Kier molecular flexibility index (Phi) is 6.01. The van der Waals surface area contributed by atoms with Gasteiger partial charge in [-0.2, -0.15) is 4.31 Å². The van der Waals surface area contributed by atoms with Crippen LogP contribution in [0.5, 0.6) is 0 Å². The molecule has 1 aliphatic heterocycles. The molecule has 31 heavy (non-hydrogen) atoms. The molecule has 3 aromatic rings. The Labute approximate surface area is 181 Å². The maximum atomic E-state index is 12.9. The summed E-state index contributed by atoms with van der Waals surface area (Å²) in [5.41, 5.74) is 1.27. The molecule has 10 heteroatoms. The quantitative estimate of drug-likeness (QED) is 0.580. The highest BCUT2D eigenvalue weighted by atomic mass is 32.2. The molecular weight excluding hydrogens is 416 g/mol. The summed E-state index contributed by atoms with van der Waals surface area (Å²) in [6, 6.07) is 5.33. The van der Waals surface area contributed by atoms with Crippen LogP contribution in [0.2, 0.25) is 0 Å². The van der Waals surface area contributed by atoms with Crippen LogP contribution in [0.15, 0.2) is 59.3 Å². The largest absolute Gasteiger partial charge is 0.334 e. The minimum atomic E-state index is -3.60. The number of rotatable bonds is 6. The van der Waals surface area contributed by atoms with E-state index >= 15 is 0 Å². The lowest BCUT2D eigenvalue weighted by atomic mass is 9.98. The van der Waals surface area contributed by atoms with Crippen LogP contribution < -0.4 is 5.56 Å². The number of sulfonamides is 1. The summed E-state index contributed by atoms with van der Waals surface area (Å²) in [6.07, 6.45) is 9.41. The average molecular weight is 443 g/mol. The number of hydrogen-bond donors (Lipinski definition) is 0. The van der Waals surface area contributed by atoms with Gasteiger partial charge in [0.2, 0.25) is 0 Å². The van der Waals surface area contributed by atoms with Gasteiger partial charge in [0.15, 0.2) is 5.03 Å². The van der Waals surface area contributed by atoms with Gasteiger partial charge in [0, 0.05) is 55.9 Å². The first-order chi connectivity index (χ1) is 14.8. The number of piperidine rings is 1. The highest BCUT2D eigenvalue weighted by Gasteiger charge is 2.31. The van der Waals surface area contributed by atoms with Gasteiger partial charge in [-0.25, -0.2) is 18.4 Å². The summed E-state index contributed by atoms with van der Waals surface area (Å²) in [6.45, 7) is 5.30.